The van der Waals surface area contributed by atoms with Gasteiger partial charge in [0.05, 0.1) is 36.8 Å². The molecule has 6 nitrogen and oxygen atoms in total. The van der Waals surface area contributed by atoms with Crippen molar-refractivity contribution in [1.29, 1.82) is 0 Å². The Bertz CT molecular complexity index is 688. The maximum absolute atomic E-state index is 12.5. The van der Waals surface area contributed by atoms with Gasteiger partial charge >= 0.3 is 0 Å². The molecule has 0 unspecified atom stereocenters. The maximum Gasteiger partial charge on any atom is 0.257 e. The first-order valence-electron chi connectivity index (χ1n) is 8.26. The highest BCUT2D eigenvalue weighted by Crippen LogP contribution is 2.36. The molecule has 2 saturated heterocycles. The Morgan fingerprint density at radius 3 is 3.17 bits per heavy atom. The van der Waals surface area contributed by atoms with Gasteiger partial charge in [0, 0.05) is 19.2 Å². The van der Waals surface area contributed by atoms with E-state index >= 15 is 0 Å². The molecule has 2 aliphatic rings. The van der Waals surface area contributed by atoms with E-state index in [4.69, 9.17) is 13.9 Å². The third kappa shape index (κ3) is 3.01. The van der Waals surface area contributed by atoms with Crippen LogP contribution in [0.2, 0.25) is 0 Å². The van der Waals surface area contributed by atoms with E-state index in [-0.39, 0.29) is 17.6 Å². The smallest absolute Gasteiger partial charge is 0.257 e. The fourth-order valence-electron chi connectivity index (χ4n) is 3.61. The lowest BCUT2D eigenvalue weighted by molar-refractivity contribution is -0.0453. The van der Waals surface area contributed by atoms with Crippen LogP contribution < -0.4 is 4.74 Å². The molecule has 0 saturated carbocycles. The predicted octanol–water partition coefficient (Wildman–Crippen LogP) is 2.52. The first-order valence-corrected chi connectivity index (χ1v) is 8.26. The highest BCUT2D eigenvalue weighted by molar-refractivity contribution is 5.93. The summed E-state index contributed by atoms with van der Waals surface area (Å²) in [6, 6.07) is 5.45. The molecule has 0 radical (unpaired) electrons. The fourth-order valence-corrected chi connectivity index (χ4v) is 3.61. The highest BCUT2D eigenvalue weighted by Gasteiger charge is 2.45. The van der Waals surface area contributed by atoms with E-state index in [1.807, 2.05) is 17.0 Å². The van der Waals surface area contributed by atoms with Gasteiger partial charge in [-0.1, -0.05) is 0 Å². The topological polar surface area (TPSA) is 64.8 Å². The van der Waals surface area contributed by atoms with Crippen LogP contribution in [0.3, 0.4) is 0 Å². The van der Waals surface area contributed by atoms with E-state index < -0.39 is 0 Å². The van der Waals surface area contributed by atoms with E-state index in [0.29, 0.717) is 18.7 Å². The summed E-state index contributed by atoms with van der Waals surface area (Å²) in [5.41, 5.74) is 0.290. The van der Waals surface area contributed by atoms with Crippen LogP contribution in [0.4, 0.5) is 0 Å². The van der Waals surface area contributed by atoms with Gasteiger partial charge in [-0.05, 0) is 31.0 Å². The van der Waals surface area contributed by atoms with E-state index in [1.165, 1.54) is 12.5 Å². The first kappa shape index (κ1) is 15.2. The van der Waals surface area contributed by atoms with Crippen LogP contribution in [0.5, 0.6) is 5.75 Å². The van der Waals surface area contributed by atoms with Crippen LogP contribution in [0.1, 0.15) is 29.6 Å². The second-order valence-electron chi connectivity index (χ2n) is 6.47. The molecule has 0 bridgehead atoms. The second-order valence-corrected chi connectivity index (χ2v) is 6.47. The third-order valence-electron chi connectivity index (χ3n) is 4.71. The minimum Gasteiger partial charge on any atom is -0.486 e. The van der Waals surface area contributed by atoms with Crippen molar-refractivity contribution in [3.63, 3.8) is 0 Å². The average Bonchev–Trinajstić information content (AvgIpc) is 3.26. The Balaban J connectivity index is 1.41. The number of nitrogens with zero attached hydrogens (tertiary/aromatic N) is 2. The molecule has 2 fully saturated rings. The van der Waals surface area contributed by atoms with Gasteiger partial charge < -0.3 is 18.8 Å². The summed E-state index contributed by atoms with van der Waals surface area (Å²) in [5, 5.41) is 0. The second kappa shape index (κ2) is 6.28. The maximum atomic E-state index is 12.5. The molecule has 2 aromatic heterocycles. The standard InChI is InChI=1S/C18H20N2O4/c21-17(14-4-8-22-11-14)20-7-2-5-18(13-20)9-16(12-23-18)24-15-3-1-6-19-10-15/h1,3-4,6,8,10-11,16H,2,5,7,9,12-13H2/t16-,18+/m0/s1. The molecule has 0 aliphatic carbocycles. The van der Waals surface area contributed by atoms with Crippen molar-refractivity contribution < 1.29 is 18.7 Å². The Kier molecular flexibility index (Phi) is 3.98. The molecule has 2 atom stereocenters. The molecular weight excluding hydrogens is 308 g/mol. The van der Waals surface area contributed by atoms with Crippen LogP contribution in [0.15, 0.2) is 47.5 Å². The lowest BCUT2D eigenvalue weighted by Gasteiger charge is -2.39. The van der Waals surface area contributed by atoms with Crippen molar-refractivity contribution in [2.24, 2.45) is 0 Å². The SMILES string of the molecule is O=C(c1ccoc1)N1CCC[C@@]2(C[C@H](Oc3cccnc3)CO2)C1. The Labute approximate surface area is 140 Å². The number of likely N-dealkylation sites (tertiary alicyclic amines) is 1. The molecule has 0 N–H and O–H groups in total. The van der Waals surface area contributed by atoms with Crippen molar-refractivity contribution in [2.45, 2.75) is 31.0 Å². The van der Waals surface area contributed by atoms with Crippen molar-refractivity contribution >= 4 is 5.91 Å². The summed E-state index contributed by atoms with van der Waals surface area (Å²) in [6.07, 6.45) is 9.12. The number of carbonyl (C=O) groups is 1. The van der Waals surface area contributed by atoms with E-state index in [9.17, 15) is 4.79 Å². The molecule has 2 aromatic rings. The largest absolute Gasteiger partial charge is 0.486 e. The zero-order chi connectivity index (χ0) is 16.4. The molecule has 6 heteroatoms. The summed E-state index contributed by atoms with van der Waals surface area (Å²) in [4.78, 5) is 18.5. The van der Waals surface area contributed by atoms with E-state index in [1.54, 1.807) is 18.5 Å². The van der Waals surface area contributed by atoms with Gasteiger partial charge in [0.25, 0.3) is 5.91 Å². The Morgan fingerprint density at radius 1 is 1.42 bits per heavy atom. The van der Waals surface area contributed by atoms with Crippen molar-refractivity contribution in [1.82, 2.24) is 9.88 Å². The number of amides is 1. The lowest BCUT2D eigenvalue weighted by Crippen LogP contribution is -2.50. The van der Waals surface area contributed by atoms with Crippen molar-refractivity contribution in [2.75, 3.05) is 19.7 Å². The highest BCUT2D eigenvalue weighted by atomic mass is 16.6. The molecule has 2 aliphatic heterocycles. The number of ether oxygens (including phenoxy) is 2. The van der Waals surface area contributed by atoms with Crippen molar-refractivity contribution in [3.8, 4) is 5.75 Å². The van der Waals surface area contributed by atoms with Crippen molar-refractivity contribution in [3.05, 3.63) is 48.7 Å². The molecule has 4 heterocycles. The van der Waals surface area contributed by atoms with Gasteiger partial charge in [0.2, 0.25) is 0 Å². The van der Waals surface area contributed by atoms with Gasteiger partial charge in [0.1, 0.15) is 18.1 Å². The van der Waals surface area contributed by atoms with Crippen LogP contribution >= 0.6 is 0 Å². The zero-order valence-electron chi connectivity index (χ0n) is 13.4. The van der Waals surface area contributed by atoms with Crippen LogP contribution in [-0.4, -0.2) is 47.2 Å². The summed E-state index contributed by atoms with van der Waals surface area (Å²) in [5.74, 6) is 0.758. The molecular formula is C18H20N2O4. The van der Waals surface area contributed by atoms with E-state index in [0.717, 1.165) is 31.6 Å². The average molecular weight is 328 g/mol. The van der Waals surface area contributed by atoms with Gasteiger partial charge in [-0.25, -0.2) is 0 Å². The Hall–Kier alpha value is -2.34. The van der Waals surface area contributed by atoms with Gasteiger partial charge in [0.15, 0.2) is 0 Å². The molecule has 24 heavy (non-hydrogen) atoms. The third-order valence-corrected chi connectivity index (χ3v) is 4.71. The lowest BCUT2D eigenvalue weighted by atomic mass is 9.89. The van der Waals surface area contributed by atoms with Crippen LogP contribution in [0.25, 0.3) is 0 Å². The van der Waals surface area contributed by atoms with Crippen LogP contribution in [-0.2, 0) is 4.74 Å². The number of piperidine rings is 1. The number of hydrogen-bond donors (Lipinski definition) is 0. The monoisotopic (exact) mass is 328 g/mol. The molecule has 0 aromatic carbocycles. The Morgan fingerprint density at radius 2 is 2.38 bits per heavy atom. The summed E-state index contributed by atoms with van der Waals surface area (Å²) >= 11 is 0. The summed E-state index contributed by atoms with van der Waals surface area (Å²) in [7, 11) is 0. The quantitative estimate of drug-likeness (QED) is 0.866. The van der Waals surface area contributed by atoms with Gasteiger partial charge in [-0.3, -0.25) is 9.78 Å². The molecule has 126 valence electrons. The number of aromatic nitrogens is 1. The molecule has 1 spiro atoms. The van der Waals surface area contributed by atoms with Crippen LogP contribution in [0, 0.1) is 0 Å². The summed E-state index contributed by atoms with van der Waals surface area (Å²) in [6.45, 7) is 1.90. The minimum atomic E-state index is -0.301. The van der Waals surface area contributed by atoms with E-state index in [2.05, 4.69) is 4.98 Å². The predicted molar refractivity (Wildman–Crippen MR) is 85.8 cm³/mol. The summed E-state index contributed by atoms with van der Waals surface area (Å²) < 4.78 is 17.1. The van der Waals surface area contributed by atoms with Gasteiger partial charge in [-0.15, -0.1) is 0 Å². The molecule has 4 rings (SSSR count). The number of furan rings is 1. The first-order chi connectivity index (χ1) is 11.7. The number of hydrogen-bond acceptors (Lipinski definition) is 5. The fraction of sp³-hybridized carbons (Fsp3) is 0.444. The minimum absolute atomic E-state index is 0.00169. The number of pyridine rings is 1. The zero-order valence-corrected chi connectivity index (χ0v) is 13.4. The number of carbonyl (C=O) groups excluding carboxylic acids is 1. The van der Waals surface area contributed by atoms with Gasteiger partial charge in [-0.2, -0.15) is 0 Å². The number of rotatable bonds is 3. The molecule has 1 amide bonds. The normalized spacial score (nSPS) is 26.7.